The number of hydrogen-bond acceptors (Lipinski definition) is 1. The maximum absolute atomic E-state index is 12.6. The first-order valence-corrected chi connectivity index (χ1v) is 9.10. The second-order valence-electron chi connectivity index (χ2n) is 7.13. The van der Waals surface area contributed by atoms with Gasteiger partial charge < -0.3 is 10.2 Å². The molecule has 1 N–H and O–H groups in total. The van der Waals surface area contributed by atoms with E-state index in [4.69, 9.17) is 0 Å². The molecule has 1 aliphatic rings. The number of alkyl halides is 3. The van der Waals surface area contributed by atoms with Crippen molar-refractivity contribution in [1.29, 1.82) is 0 Å². The Morgan fingerprint density at radius 1 is 1.04 bits per heavy atom. The van der Waals surface area contributed by atoms with Crippen LogP contribution in [0.25, 0.3) is 0 Å². The first-order valence-electron chi connectivity index (χ1n) is 9.10. The van der Waals surface area contributed by atoms with Gasteiger partial charge in [0, 0.05) is 18.8 Å². The Hall–Kier alpha value is -2.50. The molecule has 0 unspecified atom stereocenters. The number of nitrogens with one attached hydrogen (secondary N) is 1. The topological polar surface area (TPSA) is 32.3 Å². The van der Waals surface area contributed by atoms with E-state index in [0.717, 1.165) is 48.2 Å². The number of carbonyl (C=O) groups excluding carboxylic acids is 1. The van der Waals surface area contributed by atoms with E-state index in [1.54, 1.807) is 17.0 Å². The Balaban J connectivity index is 1.48. The van der Waals surface area contributed by atoms with Gasteiger partial charge in [-0.2, -0.15) is 13.2 Å². The summed E-state index contributed by atoms with van der Waals surface area (Å²) < 4.78 is 37.9. The van der Waals surface area contributed by atoms with E-state index in [-0.39, 0.29) is 6.03 Å². The summed E-state index contributed by atoms with van der Waals surface area (Å²) >= 11 is 0. The number of anilines is 1. The highest BCUT2D eigenvalue weighted by Crippen LogP contribution is 2.30. The minimum atomic E-state index is -4.30. The molecule has 144 valence electrons. The molecule has 0 aromatic heterocycles. The van der Waals surface area contributed by atoms with Crippen molar-refractivity contribution in [2.45, 2.75) is 32.4 Å². The third-order valence-electron chi connectivity index (χ3n) is 5.01. The first-order chi connectivity index (χ1) is 12.8. The van der Waals surface area contributed by atoms with Crippen LogP contribution in [0.2, 0.25) is 0 Å². The molecule has 1 fully saturated rings. The van der Waals surface area contributed by atoms with Crippen molar-refractivity contribution in [3.8, 4) is 0 Å². The fourth-order valence-corrected chi connectivity index (χ4v) is 3.34. The van der Waals surface area contributed by atoms with Crippen LogP contribution in [0.5, 0.6) is 0 Å². The van der Waals surface area contributed by atoms with Crippen molar-refractivity contribution in [2.24, 2.45) is 5.92 Å². The number of benzene rings is 2. The van der Waals surface area contributed by atoms with Crippen LogP contribution in [0, 0.1) is 12.8 Å². The van der Waals surface area contributed by atoms with Gasteiger partial charge in [0.15, 0.2) is 0 Å². The molecule has 6 heteroatoms. The Labute approximate surface area is 157 Å². The van der Waals surface area contributed by atoms with E-state index in [0.29, 0.717) is 19.0 Å². The van der Waals surface area contributed by atoms with Gasteiger partial charge in [-0.25, -0.2) is 4.79 Å². The summed E-state index contributed by atoms with van der Waals surface area (Å²) in [7, 11) is 0. The van der Waals surface area contributed by atoms with Crippen LogP contribution in [0.15, 0.2) is 48.5 Å². The van der Waals surface area contributed by atoms with Crippen molar-refractivity contribution in [1.82, 2.24) is 4.90 Å². The normalized spacial score (nSPS) is 15.6. The Morgan fingerprint density at radius 3 is 2.19 bits per heavy atom. The average Bonchev–Trinajstić information content (AvgIpc) is 2.64. The van der Waals surface area contributed by atoms with Crippen molar-refractivity contribution in [3.05, 3.63) is 65.2 Å². The summed E-state index contributed by atoms with van der Waals surface area (Å²) in [5.41, 5.74) is 2.20. The van der Waals surface area contributed by atoms with Crippen LogP contribution in [-0.4, -0.2) is 24.0 Å². The largest absolute Gasteiger partial charge is 0.416 e. The molecule has 2 aromatic rings. The predicted octanol–water partition coefficient (Wildman–Crippen LogP) is 5.50. The Kier molecular flexibility index (Phi) is 5.73. The number of carbonyl (C=O) groups is 1. The summed E-state index contributed by atoms with van der Waals surface area (Å²) in [6, 6.07) is 12.9. The highest BCUT2D eigenvalue weighted by molar-refractivity contribution is 5.89. The predicted molar refractivity (Wildman–Crippen MR) is 99.6 cm³/mol. The van der Waals surface area contributed by atoms with E-state index in [2.05, 4.69) is 5.32 Å². The summed E-state index contributed by atoms with van der Waals surface area (Å²) in [5.74, 6) is 0.380. The van der Waals surface area contributed by atoms with Gasteiger partial charge in [0.2, 0.25) is 0 Å². The Morgan fingerprint density at radius 2 is 1.63 bits per heavy atom. The van der Waals surface area contributed by atoms with Crippen molar-refractivity contribution in [3.63, 3.8) is 0 Å². The summed E-state index contributed by atoms with van der Waals surface area (Å²) in [6.45, 7) is 3.30. The first kappa shape index (κ1) is 19.3. The molecule has 27 heavy (non-hydrogen) atoms. The lowest BCUT2D eigenvalue weighted by Crippen LogP contribution is -2.41. The highest BCUT2D eigenvalue weighted by Gasteiger charge is 2.30. The SMILES string of the molecule is Cc1ccc(NC(=O)N2CCC(Cc3ccc(C(F)(F)F)cc3)CC2)cc1. The number of halogens is 3. The van der Waals surface area contributed by atoms with Gasteiger partial charge in [-0.15, -0.1) is 0 Å². The van der Waals surface area contributed by atoms with Gasteiger partial charge in [0.1, 0.15) is 0 Å². The van der Waals surface area contributed by atoms with E-state index < -0.39 is 11.7 Å². The molecule has 3 nitrogen and oxygen atoms in total. The number of hydrogen-bond donors (Lipinski definition) is 1. The van der Waals surface area contributed by atoms with Crippen LogP contribution in [0.3, 0.4) is 0 Å². The molecule has 0 spiro atoms. The Bertz CT molecular complexity index is 762. The second kappa shape index (κ2) is 8.03. The lowest BCUT2D eigenvalue weighted by molar-refractivity contribution is -0.137. The third kappa shape index (κ3) is 5.25. The molecule has 0 radical (unpaired) electrons. The van der Waals surface area contributed by atoms with Gasteiger partial charge >= 0.3 is 12.2 Å². The molecule has 0 saturated carbocycles. The molecule has 1 heterocycles. The molecule has 0 bridgehead atoms. The quantitative estimate of drug-likeness (QED) is 0.754. The number of rotatable bonds is 3. The fraction of sp³-hybridized carbons (Fsp3) is 0.381. The number of amides is 2. The minimum absolute atomic E-state index is 0.105. The van der Waals surface area contributed by atoms with Gasteiger partial charge in [0.25, 0.3) is 0 Å². The number of likely N-dealkylation sites (tertiary alicyclic amines) is 1. The van der Waals surface area contributed by atoms with Crippen molar-refractivity contribution in [2.75, 3.05) is 18.4 Å². The zero-order valence-electron chi connectivity index (χ0n) is 15.2. The van der Waals surface area contributed by atoms with Crippen LogP contribution < -0.4 is 5.32 Å². The molecule has 1 saturated heterocycles. The van der Waals surface area contributed by atoms with Crippen molar-refractivity contribution < 1.29 is 18.0 Å². The molecule has 0 aliphatic carbocycles. The molecule has 1 aliphatic heterocycles. The van der Waals surface area contributed by atoms with Crippen LogP contribution in [-0.2, 0) is 12.6 Å². The molecule has 0 atom stereocenters. The minimum Gasteiger partial charge on any atom is -0.325 e. The number of aryl methyl sites for hydroxylation is 1. The fourth-order valence-electron chi connectivity index (χ4n) is 3.34. The third-order valence-corrected chi connectivity index (χ3v) is 5.01. The summed E-state index contributed by atoms with van der Waals surface area (Å²) in [5, 5.41) is 2.90. The molecule has 2 amide bonds. The van der Waals surface area contributed by atoms with Gasteiger partial charge in [0.05, 0.1) is 5.56 Å². The van der Waals surface area contributed by atoms with Gasteiger partial charge in [-0.1, -0.05) is 29.8 Å². The monoisotopic (exact) mass is 376 g/mol. The molecular formula is C21H23F3N2O. The number of piperidine rings is 1. The molecule has 3 rings (SSSR count). The van der Waals surface area contributed by atoms with Crippen LogP contribution in [0.4, 0.5) is 23.7 Å². The molecule has 2 aromatic carbocycles. The van der Waals surface area contributed by atoms with E-state index in [9.17, 15) is 18.0 Å². The van der Waals surface area contributed by atoms with Crippen molar-refractivity contribution >= 4 is 11.7 Å². The smallest absolute Gasteiger partial charge is 0.325 e. The van der Waals surface area contributed by atoms with Crippen LogP contribution in [0.1, 0.15) is 29.5 Å². The number of nitrogens with zero attached hydrogens (tertiary/aromatic N) is 1. The lowest BCUT2D eigenvalue weighted by Gasteiger charge is -2.32. The average molecular weight is 376 g/mol. The van der Waals surface area contributed by atoms with Crippen LogP contribution >= 0.6 is 0 Å². The maximum atomic E-state index is 12.6. The van der Waals surface area contributed by atoms with E-state index in [1.165, 1.54) is 0 Å². The summed E-state index contributed by atoms with van der Waals surface area (Å²) in [6.07, 6.45) is -1.86. The second-order valence-corrected chi connectivity index (χ2v) is 7.13. The zero-order valence-corrected chi connectivity index (χ0v) is 15.2. The number of urea groups is 1. The zero-order chi connectivity index (χ0) is 19.4. The van der Waals surface area contributed by atoms with Gasteiger partial charge in [-0.3, -0.25) is 0 Å². The highest BCUT2D eigenvalue weighted by atomic mass is 19.4. The maximum Gasteiger partial charge on any atom is 0.416 e. The van der Waals surface area contributed by atoms with E-state index in [1.807, 2.05) is 31.2 Å². The summed E-state index contributed by atoms with van der Waals surface area (Å²) in [4.78, 5) is 14.2. The van der Waals surface area contributed by atoms with Gasteiger partial charge in [-0.05, 0) is 61.9 Å². The van der Waals surface area contributed by atoms with E-state index >= 15 is 0 Å². The standard InChI is InChI=1S/C21H23F3N2O/c1-15-2-8-19(9-3-15)25-20(27)26-12-10-17(11-13-26)14-16-4-6-18(7-5-16)21(22,23)24/h2-9,17H,10-14H2,1H3,(H,25,27). The molecular weight excluding hydrogens is 353 g/mol. The lowest BCUT2D eigenvalue weighted by atomic mass is 9.90.